The van der Waals surface area contributed by atoms with E-state index in [2.05, 4.69) is 21.5 Å². The number of hydrogen-bond acceptors (Lipinski definition) is 6. The number of aromatic nitrogens is 3. The van der Waals surface area contributed by atoms with Crippen LogP contribution in [-0.4, -0.2) is 26.3 Å². The Morgan fingerprint density at radius 3 is 2.70 bits per heavy atom. The molecular weight excluding hydrogens is 380 g/mol. The highest BCUT2D eigenvalue weighted by Gasteiger charge is 2.28. The number of anilines is 1. The van der Waals surface area contributed by atoms with E-state index in [0.29, 0.717) is 28.1 Å². The number of aryl methyl sites for hydroxylation is 2. The molecule has 6 nitrogen and oxygen atoms in total. The molecule has 0 unspecified atom stereocenters. The fourth-order valence-corrected chi connectivity index (χ4v) is 4.74. The molecular formula is C19H20N4O2S2. The van der Waals surface area contributed by atoms with E-state index in [1.54, 1.807) is 0 Å². The van der Waals surface area contributed by atoms with Crippen LogP contribution in [0.5, 0.6) is 0 Å². The minimum Gasteiger partial charge on any atom is -0.325 e. The molecule has 0 saturated heterocycles. The molecule has 3 aromatic rings. The van der Waals surface area contributed by atoms with Gasteiger partial charge in [-0.1, -0.05) is 17.4 Å². The summed E-state index contributed by atoms with van der Waals surface area (Å²) in [6.07, 6.45) is 2.29. The Kier molecular flexibility index (Phi) is 5.01. The minimum atomic E-state index is -0.154. The van der Waals surface area contributed by atoms with Gasteiger partial charge in [0.15, 0.2) is 0 Å². The molecule has 1 aliphatic carbocycles. The Morgan fingerprint density at radius 2 is 2.00 bits per heavy atom. The van der Waals surface area contributed by atoms with Crippen molar-refractivity contribution in [2.75, 3.05) is 11.1 Å². The van der Waals surface area contributed by atoms with E-state index in [1.807, 2.05) is 26.0 Å². The van der Waals surface area contributed by atoms with Gasteiger partial charge in [0.05, 0.1) is 11.4 Å². The largest absolute Gasteiger partial charge is 0.325 e. The SMILES string of the molecule is Cc1cc(C)cc(NC(=O)CSCc2cc(=O)n3nc(C4CC4)sc3n2)c1. The average molecular weight is 401 g/mol. The first-order valence-electron chi connectivity index (χ1n) is 8.83. The molecule has 0 radical (unpaired) electrons. The maximum Gasteiger partial charge on any atom is 0.275 e. The fraction of sp³-hybridized carbons (Fsp3) is 0.368. The zero-order valence-electron chi connectivity index (χ0n) is 15.2. The predicted octanol–water partition coefficient (Wildman–Crippen LogP) is 3.52. The van der Waals surface area contributed by atoms with Gasteiger partial charge in [0.25, 0.3) is 5.56 Å². The Morgan fingerprint density at radius 1 is 1.26 bits per heavy atom. The molecule has 1 fully saturated rings. The Bertz CT molecular complexity index is 1050. The highest BCUT2D eigenvalue weighted by molar-refractivity contribution is 7.99. The van der Waals surface area contributed by atoms with Gasteiger partial charge in [-0.15, -0.1) is 11.8 Å². The van der Waals surface area contributed by atoms with E-state index in [0.717, 1.165) is 34.7 Å². The van der Waals surface area contributed by atoms with Gasteiger partial charge in [0.1, 0.15) is 5.01 Å². The summed E-state index contributed by atoms with van der Waals surface area (Å²) in [7, 11) is 0. The molecule has 2 heterocycles. The summed E-state index contributed by atoms with van der Waals surface area (Å²) in [4.78, 5) is 29.6. The van der Waals surface area contributed by atoms with Crippen molar-refractivity contribution in [2.24, 2.45) is 0 Å². The number of carbonyl (C=O) groups is 1. The zero-order chi connectivity index (χ0) is 19.0. The Hall–Kier alpha value is -2.19. The summed E-state index contributed by atoms with van der Waals surface area (Å²) in [5.41, 5.74) is 3.58. The third kappa shape index (κ3) is 4.39. The maximum absolute atomic E-state index is 12.2. The Balaban J connectivity index is 1.37. The number of rotatable bonds is 6. The standard InChI is InChI=1S/C19H20N4O2S2/c1-11-5-12(2)7-14(6-11)20-16(24)10-26-9-15-8-17(25)23-19(21-15)27-18(22-23)13-3-4-13/h5-8,13H,3-4,9-10H2,1-2H3,(H,20,24). The third-order valence-corrected chi connectivity index (χ3v) is 6.27. The minimum absolute atomic E-state index is 0.0587. The van der Waals surface area contributed by atoms with Crippen LogP contribution in [0, 0.1) is 13.8 Å². The number of thioether (sulfide) groups is 1. The van der Waals surface area contributed by atoms with Crippen molar-refractivity contribution >= 4 is 39.7 Å². The average Bonchev–Trinajstić information content (AvgIpc) is 3.33. The number of fused-ring (bicyclic) bond motifs is 1. The van der Waals surface area contributed by atoms with E-state index in [9.17, 15) is 9.59 Å². The van der Waals surface area contributed by atoms with Gasteiger partial charge in [-0.05, 0) is 49.9 Å². The predicted molar refractivity (Wildman–Crippen MR) is 110 cm³/mol. The second-order valence-electron chi connectivity index (χ2n) is 6.91. The van der Waals surface area contributed by atoms with Crippen molar-refractivity contribution in [2.45, 2.75) is 38.4 Å². The number of nitrogens with one attached hydrogen (secondary N) is 1. The first-order chi connectivity index (χ1) is 13.0. The molecule has 2 aromatic heterocycles. The van der Waals surface area contributed by atoms with E-state index < -0.39 is 0 Å². The third-order valence-electron chi connectivity index (χ3n) is 4.23. The van der Waals surface area contributed by atoms with Gasteiger partial charge < -0.3 is 5.32 Å². The summed E-state index contributed by atoms with van der Waals surface area (Å²) in [5, 5.41) is 8.29. The van der Waals surface area contributed by atoms with Crippen molar-refractivity contribution in [3.63, 3.8) is 0 Å². The number of benzene rings is 1. The van der Waals surface area contributed by atoms with Crippen LogP contribution in [0.3, 0.4) is 0 Å². The van der Waals surface area contributed by atoms with E-state index >= 15 is 0 Å². The van der Waals surface area contributed by atoms with Crippen LogP contribution in [0.15, 0.2) is 29.1 Å². The summed E-state index contributed by atoms with van der Waals surface area (Å²) in [6, 6.07) is 7.48. The van der Waals surface area contributed by atoms with E-state index in [-0.39, 0.29) is 11.5 Å². The smallest absolute Gasteiger partial charge is 0.275 e. The summed E-state index contributed by atoms with van der Waals surface area (Å²) >= 11 is 2.94. The molecule has 0 bridgehead atoms. The van der Waals surface area contributed by atoms with Crippen LogP contribution in [0.1, 0.15) is 40.6 Å². The molecule has 1 aliphatic rings. The summed E-state index contributed by atoms with van der Waals surface area (Å²) < 4.78 is 1.39. The number of carbonyl (C=O) groups excluding carboxylic acids is 1. The van der Waals surface area contributed by atoms with Gasteiger partial charge in [-0.2, -0.15) is 9.61 Å². The van der Waals surface area contributed by atoms with Gasteiger partial charge in [-0.3, -0.25) is 9.59 Å². The quantitative estimate of drug-likeness (QED) is 0.685. The summed E-state index contributed by atoms with van der Waals surface area (Å²) in [5.74, 6) is 1.27. The molecule has 1 saturated carbocycles. The van der Waals surface area contributed by atoms with Crippen molar-refractivity contribution in [3.05, 3.63) is 56.4 Å². The van der Waals surface area contributed by atoms with Gasteiger partial charge in [0.2, 0.25) is 10.9 Å². The second kappa shape index (κ2) is 7.44. The maximum atomic E-state index is 12.2. The van der Waals surface area contributed by atoms with E-state index in [4.69, 9.17) is 0 Å². The number of amides is 1. The fourth-order valence-electron chi connectivity index (χ4n) is 2.93. The Labute approximate surface area is 165 Å². The van der Waals surface area contributed by atoms with Crippen molar-refractivity contribution < 1.29 is 4.79 Å². The molecule has 1 aromatic carbocycles. The molecule has 27 heavy (non-hydrogen) atoms. The lowest BCUT2D eigenvalue weighted by molar-refractivity contribution is -0.113. The lowest BCUT2D eigenvalue weighted by Gasteiger charge is -2.07. The normalized spacial score (nSPS) is 13.9. The molecule has 1 amide bonds. The topological polar surface area (TPSA) is 76.4 Å². The molecule has 140 valence electrons. The molecule has 0 spiro atoms. The zero-order valence-corrected chi connectivity index (χ0v) is 16.8. The molecule has 0 atom stereocenters. The lowest BCUT2D eigenvalue weighted by Crippen LogP contribution is -2.16. The lowest BCUT2D eigenvalue weighted by atomic mass is 10.1. The van der Waals surface area contributed by atoms with Crippen LogP contribution in [0.4, 0.5) is 5.69 Å². The number of hydrogen-bond donors (Lipinski definition) is 1. The van der Waals surface area contributed by atoms with E-state index in [1.165, 1.54) is 33.7 Å². The first kappa shape index (κ1) is 18.2. The van der Waals surface area contributed by atoms with Crippen LogP contribution >= 0.6 is 23.1 Å². The van der Waals surface area contributed by atoms with Crippen molar-refractivity contribution in [1.82, 2.24) is 14.6 Å². The van der Waals surface area contributed by atoms with Crippen LogP contribution in [0.2, 0.25) is 0 Å². The van der Waals surface area contributed by atoms with Crippen LogP contribution in [0.25, 0.3) is 4.96 Å². The highest BCUT2D eigenvalue weighted by atomic mass is 32.2. The molecule has 0 aliphatic heterocycles. The molecule has 1 N–H and O–H groups in total. The first-order valence-corrected chi connectivity index (χ1v) is 10.8. The van der Waals surface area contributed by atoms with Gasteiger partial charge in [-0.25, -0.2) is 4.98 Å². The summed E-state index contributed by atoms with van der Waals surface area (Å²) in [6.45, 7) is 4.01. The molecule has 8 heteroatoms. The van der Waals surface area contributed by atoms with Crippen LogP contribution < -0.4 is 10.9 Å². The monoisotopic (exact) mass is 400 g/mol. The van der Waals surface area contributed by atoms with Crippen molar-refractivity contribution in [1.29, 1.82) is 0 Å². The second-order valence-corrected chi connectivity index (χ2v) is 8.89. The van der Waals surface area contributed by atoms with Crippen LogP contribution in [-0.2, 0) is 10.5 Å². The molecule has 4 rings (SSSR count). The van der Waals surface area contributed by atoms with Gasteiger partial charge >= 0.3 is 0 Å². The van der Waals surface area contributed by atoms with Crippen molar-refractivity contribution in [3.8, 4) is 0 Å². The van der Waals surface area contributed by atoms with Gasteiger partial charge in [0, 0.05) is 23.4 Å². The number of nitrogens with zero attached hydrogens (tertiary/aromatic N) is 3. The highest BCUT2D eigenvalue weighted by Crippen LogP contribution is 2.41.